The van der Waals surface area contributed by atoms with E-state index in [4.69, 9.17) is 4.74 Å². The molecule has 0 fully saturated rings. The third-order valence-corrected chi connectivity index (χ3v) is 3.39. The number of carbonyl (C=O) groups is 1. The third kappa shape index (κ3) is 2.74. The second-order valence-corrected chi connectivity index (χ2v) is 4.98. The Morgan fingerprint density at radius 1 is 1.18 bits per heavy atom. The summed E-state index contributed by atoms with van der Waals surface area (Å²) in [4.78, 5) is 14.0. The summed E-state index contributed by atoms with van der Waals surface area (Å²) in [6.45, 7) is 4.57. The predicted molar refractivity (Wildman–Crippen MR) is 70.1 cm³/mol. The van der Waals surface area contributed by atoms with Crippen LogP contribution in [-0.4, -0.2) is 12.4 Å². The van der Waals surface area contributed by atoms with Gasteiger partial charge in [0.25, 0.3) is 0 Å². The van der Waals surface area contributed by atoms with Gasteiger partial charge in [-0.1, -0.05) is 0 Å². The molecule has 2 rings (SSSR count). The molecular weight excluding hydrogens is 232 g/mol. The highest BCUT2D eigenvalue weighted by molar-refractivity contribution is 7.14. The van der Waals surface area contributed by atoms with Gasteiger partial charge in [0.1, 0.15) is 5.75 Å². The summed E-state index contributed by atoms with van der Waals surface area (Å²) in [5.74, 6) is 0.873. The number of carbonyl (C=O) groups excluding carboxylic acids is 1. The highest BCUT2D eigenvalue weighted by Crippen LogP contribution is 2.20. The number of ketones is 1. The van der Waals surface area contributed by atoms with Gasteiger partial charge in [-0.25, -0.2) is 0 Å². The molecule has 2 aromatic rings. The van der Waals surface area contributed by atoms with Crippen LogP contribution in [0.1, 0.15) is 27.0 Å². The van der Waals surface area contributed by atoms with Crippen LogP contribution in [0.15, 0.2) is 36.4 Å². The van der Waals surface area contributed by atoms with Gasteiger partial charge in [-0.15, -0.1) is 11.3 Å². The molecule has 1 aromatic heterocycles. The van der Waals surface area contributed by atoms with E-state index < -0.39 is 0 Å². The summed E-state index contributed by atoms with van der Waals surface area (Å²) < 4.78 is 5.34. The zero-order valence-electron chi connectivity index (χ0n) is 9.90. The second-order valence-electron chi connectivity index (χ2n) is 3.70. The van der Waals surface area contributed by atoms with Crippen molar-refractivity contribution in [1.29, 1.82) is 0 Å². The maximum Gasteiger partial charge on any atom is 0.202 e. The molecule has 0 aliphatic carbocycles. The van der Waals surface area contributed by atoms with Crippen molar-refractivity contribution in [2.24, 2.45) is 0 Å². The molecule has 17 heavy (non-hydrogen) atoms. The molecule has 3 heteroatoms. The Morgan fingerprint density at radius 3 is 2.41 bits per heavy atom. The first kappa shape index (κ1) is 11.9. The Kier molecular flexibility index (Phi) is 3.59. The summed E-state index contributed by atoms with van der Waals surface area (Å²) in [6, 6.07) is 11.1. The van der Waals surface area contributed by atoms with E-state index in [-0.39, 0.29) is 5.78 Å². The molecule has 0 amide bonds. The molecule has 0 bridgehead atoms. The smallest absolute Gasteiger partial charge is 0.202 e. The molecule has 1 heterocycles. The summed E-state index contributed by atoms with van der Waals surface area (Å²) >= 11 is 1.52. The molecule has 0 spiro atoms. The molecule has 88 valence electrons. The van der Waals surface area contributed by atoms with Crippen molar-refractivity contribution in [2.45, 2.75) is 13.8 Å². The minimum Gasteiger partial charge on any atom is -0.494 e. The topological polar surface area (TPSA) is 26.3 Å². The highest BCUT2D eigenvalue weighted by Gasteiger charge is 2.10. The van der Waals surface area contributed by atoms with E-state index >= 15 is 0 Å². The molecule has 0 atom stereocenters. The first-order valence-electron chi connectivity index (χ1n) is 5.54. The summed E-state index contributed by atoms with van der Waals surface area (Å²) in [6.07, 6.45) is 0. The van der Waals surface area contributed by atoms with E-state index in [1.807, 2.05) is 50.2 Å². The monoisotopic (exact) mass is 246 g/mol. The lowest BCUT2D eigenvalue weighted by Crippen LogP contribution is -1.98. The van der Waals surface area contributed by atoms with Crippen LogP contribution in [0.2, 0.25) is 0 Å². The third-order valence-electron chi connectivity index (χ3n) is 2.39. The highest BCUT2D eigenvalue weighted by atomic mass is 32.1. The number of hydrogen-bond acceptors (Lipinski definition) is 3. The predicted octanol–water partition coefficient (Wildman–Crippen LogP) is 3.69. The molecule has 2 nitrogen and oxygen atoms in total. The first-order valence-corrected chi connectivity index (χ1v) is 6.36. The van der Waals surface area contributed by atoms with Crippen LogP contribution in [0.3, 0.4) is 0 Å². The molecule has 0 N–H and O–H groups in total. The summed E-state index contributed by atoms with van der Waals surface area (Å²) in [5.41, 5.74) is 0.704. The molecule has 0 aliphatic rings. The minimum absolute atomic E-state index is 0.0751. The van der Waals surface area contributed by atoms with E-state index in [9.17, 15) is 4.79 Å². The van der Waals surface area contributed by atoms with E-state index in [1.54, 1.807) is 0 Å². The molecular formula is C14H14O2S. The maximum absolute atomic E-state index is 12.1. The van der Waals surface area contributed by atoms with Crippen LogP contribution < -0.4 is 4.74 Å². The van der Waals surface area contributed by atoms with Gasteiger partial charge in [0.2, 0.25) is 5.78 Å². The Morgan fingerprint density at radius 2 is 1.88 bits per heavy atom. The molecule has 0 saturated carbocycles. The van der Waals surface area contributed by atoms with Gasteiger partial charge in [-0.05, 0) is 50.2 Å². The van der Waals surface area contributed by atoms with Gasteiger partial charge in [0.15, 0.2) is 0 Å². The van der Waals surface area contributed by atoms with Crippen molar-refractivity contribution in [3.63, 3.8) is 0 Å². The number of benzene rings is 1. The van der Waals surface area contributed by atoms with Gasteiger partial charge in [0, 0.05) is 10.4 Å². The fourth-order valence-electron chi connectivity index (χ4n) is 1.57. The lowest BCUT2D eigenvalue weighted by atomic mass is 10.1. The van der Waals surface area contributed by atoms with E-state index in [0.29, 0.717) is 12.2 Å². The van der Waals surface area contributed by atoms with Gasteiger partial charge >= 0.3 is 0 Å². The Bertz CT molecular complexity index is 511. The average molecular weight is 246 g/mol. The molecule has 1 aromatic carbocycles. The Balaban J connectivity index is 2.20. The number of hydrogen-bond donors (Lipinski definition) is 0. The fraction of sp³-hybridized carbons (Fsp3) is 0.214. The lowest BCUT2D eigenvalue weighted by Gasteiger charge is -2.03. The Hall–Kier alpha value is -1.61. The zero-order chi connectivity index (χ0) is 12.3. The number of aryl methyl sites for hydroxylation is 1. The quantitative estimate of drug-likeness (QED) is 0.769. The molecule has 0 saturated heterocycles. The van der Waals surface area contributed by atoms with Gasteiger partial charge in [-0.2, -0.15) is 0 Å². The summed E-state index contributed by atoms with van der Waals surface area (Å²) in [5, 5.41) is 0. The average Bonchev–Trinajstić information content (AvgIpc) is 2.76. The van der Waals surface area contributed by atoms with Crippen LogP contribution in [0, 0.1) is 6.92 Å². The number of thiophene rings is 1. The van der Waals surface area contributed by atoms with E-state index in [2.05, 4.69) is 0 Å². The van der Waals surface area contributed by atoms with Crippen molar-refractivity contribution in [3.8, 4) is 5.75 Å². The van der Waals surface area contributed by atoms with Crippen molar-refractivity contribution in [3.05, 3.63) is 51.7 Å². The minimum atomic E-state index is 0.0751. The van der Waals surface area contributed by atoms with Gasteiger partial charge in [-0.3, -0.25) is 4.79 Å². The lowest BCUT2D eigenvalue weighted by molar-refractivity contribution is 0.104. The largest absolute Gasteiger partial charge is 0.494 e. The Labute approximate surface area is 105 Å². The van der Waals surface area contributed by atoms with Crippen molar-refractivity contribution < 1.29 is 9.53 Å². The van der Waals surface area contributed by atoms with Crippen LogP contribution in [0.4, 0.5) is 0 Å². The van der Waals surface area contributed by atoms with E-state index in [0.717, 1.165) is 15.5 Å². The van der Waals surface area contributed by atoms with Crippen molar-refractivity contribution >= 4 is 17.1 Å². The van der Waals surface area contributed by atoms with Crippen LogP contribution in [0.25, 0.3) is 0 Å². The SMILES string of the molecule is CCOc1ccc(C(=O)c2ccc(C)s2)cc1. The number of ether oxygens (including phenoxy) is 1. The summed E-state index contributed by atoms with van der Waals surface area (Å²) in [7, 11) is 0. The van der Waals surface area contributed by atoms with Gasteiger partial charge < -0.3 is 4.74 Å². The van der Waals surface area contributed by atoms with Crippen LogP contribution in [0.5, 0.6) is 5.75 Å². The van der Waals surface area contributed by atoms with E-state index in [1.165, 1.54) is 11.3 Å². The number of rotatable bonds is 4. The van der Waals surface area contributed by atoms with Crippen LogP contribution in [-0.2, 0) is 0 Å². The zero-order valence-corrected chi connectivity index (χ0v) is 10.7. The fourth-order valence-corrected chi connectivity index (χ4v) is 2.40. The first-order chi connectivity index (χ1) is 8.20. The van der Waals surface area contributed by atoms with Crippen LogP contribution >= 0.6 is 11.3 Å². The molecule has 0 radical (unpaired) electrons. The normalized spacial score (nSPS) is 10.2. The maximum atomic E-state index is 12.1. The standard InChI is InChI=1S/C14H14O2S/c1-3-16-12-7-5-11(6-8-12)14(15)13-9-4-10(2)17-13/h4-9H,3H2,1-2H3. The second kappa shape index (κ2) is 5.15. The molecule has 0 unspecified atom stereocenters. The van der Waals surface area contributed by atoms with Crippen molar-refractivity contribution in [2.75, 3.05) is 6.61 Å². The molecule has 0 aliphatic heterocycles. The van der Waals surface area contributed by atoms with Crippen molar-refractivity contribution in [1.82, 2.24) is 0 Å². The van der Waals surface area contributed by atoms with Gasteiger partial charge in [0.05, 0.1) is 11.5 Å².